The van der Waals surface area contributed by atoms with E-state index < -0.39 is 44.9 Å². The topological polar surface area (TPSA) is 133 Å². The maximum Gasteiger partial charge on any atom is 0.341 e. The smallest absolute Gasteiger partial charge is 0.341 e. The van der Waals surface area contributed by atoms with Crippen LogP contribution in [0.25, 0.3) is 10.2 Å². The van der Waals surface area contributed by atoms with Gasteiger partial charge in [-0.05, 0) is 56.4 Å². The zero-order valence-corrected chi connectivity index (χ0v) is 24.6. The Kier molecular flexibility index (Phi) is 9.87. The third-order valence-electron chi connectivity index (χ3n) is 6.23. The molecule has 4 rings (SSSR count). The fraction of sp³-hybridized carbons (Fsp3) is 0.462. The molecule has 0 unspecified atom stereocenters. The minimum Gasteiger partial charge on any atom is -0.462 e. The van der Waals surface area contributed by atoms with Crippen LogP contribution in [-0.2, 0) is 48.3 Å². The van der Waals surface area contributed by atoms with Crippen molar-refractivity contribution in [3.8, 4) is 0 Å². The number of methoxy groups -OCH3 is 1. The number of carbonyl (C=O) groups excluding carboxylic acids is 3. The molecule has 1 N–H and O–H groups in total. The van der Waals surface area contributed by atoms with E-state index in [0.29, 0.717) is 29.8 Å². The molecule has 1 aliphatic carbocycles. The number of esters is 1. The van der Waals surface area contributed by atoms with Crippen LogP contribution in [0.2, 0.25) is 0 Å². The monoisotopic (exact) mass is 611 g/mol. The van der Waals surface area contributed by atoms with Gasteiger partial charge in [0.2, 0.25) is 5.91 Å². The summed E-state index contributed by atoms with van der Waals surface area (Å²) in [6.45, 7) is 2.46. The number of halogens is 1. The number of hydrogen-bond acceptors (Lipinski definition) is 9. The lowest BCUT2D eigenvalue weighted by Gasteiger charge is -2.08. The number of thiophene rings is 1. The molecule has 10 nitrogen and oxygen atoms in total. The van der Waals surface area contributed by atoms with Crippen LogP contribution < -0.4 is 10.1 Å². The van der Waals surface area contributed by atoms with Gasteiger partial charge in [0.15, 0.2) is 14.6 Å². The molecule has 1 aromatic carbocycles. The molecule has 0 bridgehead atoms. The summed E-state index contributed by atoms with van der Waals surface area (Å²) in [5, 5.41) is 2.83. The van der Waals surface area contributed by atoms with E-state index >= 15 is 0 Å². The second kappa shape index (κ2) is 13.1. The number of aryl methyl sites for hydroxylation is 1. The number of nitrogens with zero attached hydrogens (tertiary/aromatic N) is 2. The number of carbonyl (C=O) groups is 3. The Morgan fingerprint density at radius 3 is 2.65 bits per heavy atom. The van der Waals surface area contributed by atoms with E-state index in [2.05, 4.69) is 10.3 Å². The highest BCUT2D eigenvalue weighted by molar-refractivity contribution is 7.92. The average Bonchev–Trinajstić information content (AvgIpc) is 3.28. The van der Waals surface area contributed by atoms with Gasteiger partial charge < -0.3 is 19.4 Å². The molecule has 1 aliphatic rings. The molecule has 0 spiro atoms. The van der Waals surface area contributed by atoms with Crippen molar-refractivity contribution >= 4 is 65.5 Å². The van der Waals surface area contributed by atoms with E-state index in [4.69, 9.17) is 9.47 Å². The third kappa shape index (κ3) is 7.22. The number of benzene rings is 1. The van der Waals surface area contributed by atoms with Crippen LogP contribution in [0.5, 0.6) is 0 Å². The molecule has 0 fully saturated rings. The first-order valence-corrected chi connectivity index (χ1v) is 16.2. The number of rotatable bonds is 10. The standard InChI is InChI=1S/C26H30FN3O7S3/c1-3-37-25(33)23-17-7-5-4-6-8-19(17)38-24(23)28-21(31)14-40(34,35)15-22(32)29-26-30(11-12-36-2)18-10-9-16(27)13-20(18)39-26/h9-10,13H,3-8,11-12,14-15H2,1-2H3,(H,28,31). The van der Waals surface area contributed by atoms with Gasteiger partial charge in [-0.25, -0.2) is 17.6 Å². The van der Waals surface area contributed by atoms with Crippen molar-refractivity contribution in [2.45, 2.75) is 45.6 Å². The Bertz CT molecular complexity index is 1610. The van der Waals surface area contributed by atoms with E-state index in [1.54, 1.807) is 17.6 Å². The predicted molar refractivity (Wildman–Crippen MR) is 151 cm³/mol. The van der Waals surface area contributed by atoms with Gasteiger partial charge in [-0.2, -0.15) is 4.99 Å². The summed E-state index contributed by atoms with van der Waals surface area (Å²) in [4.78, 5) is 43.3. The van der Waals surface area contributed by atoms with Crippen LogP contribution in [0.4, 0.5) is 9.39 Å². The van der Waals surface area contributed by atoms with Gasteiger partial charge in [0.1, 0.15) is 22.3 Å². The van der Waals surface area contributed by atoms with Crippen molar-refractivity contribution in [1.29, 1.82) is 0 Å². The number of hydrogen-bond donors (Lipinski definition) is 1. The minimum absolute atomic E-state index is 0.164. The van der Waals surface area contributed by atoms with E-state index in [0.717, 1.165) is 47.5 Å². The Labute approximate surface area is 238 Å². The highest BCUT2D eigenvalue weighted by atomic mass is 32.2. The van der Waals surface area contributed by atoms with Gasteiger partial charge >= 0.3 is 5.97 Å². The predicted octanol–water partition coefficient (Wildman–Crippen LogP) is 3.48. The fourth-order valence-electron chi connectivity index (χ4n) is 4.52. The number of nitrogens with one attached hydrogen (secondary N) is 1. The van der Waals surface area contributed by atoms with Gasteiger partial charge in [-0.15, -0.1) is 11.3 Å². The highest BCUT2D eigenvalue weighted by Gasteiger charge is 2.28. The van der Waals surface area contributed by atoms with E-state index in [-0.39, 0.29) is 22.0 Å². The summed E-state index contributed by atoms with van der Waals surface area (Å²) in [5.41, 5.74) is 1.75. The number of amides is 2. The Hall–Kier alpha value is -2.94. The lowest BCUT2D eigenvalue weighted by atomic mass is 10.1. The van der Waals surface area contributed by atoms with Gasteiger partial charge in [-0.3, -0.25) is 9.59 Å². The van der Waals surface area contributed by atoms with Gasteiger partial charge in [0.25, 0.3) is 5.91 Å². The van der Waals surface area contributed by atoms with Gasteiger partial charge in [-0.1, -0.05) is 17.8 Å². The van der Waals surface area contributed by atoms with Crippen molar-refractivity contribution < 1.29 is 36.7 Å². The first-order valence-electron chi connectivity index (χ1n) is 12.8. The average molecular weight is 612 g/mol. The number of anilines is 1. The number of aromatic nitrogens is 1. The molecule has 2 amide bonds. The molecule has 14 heteroatoms. The summed E-state index contributed by atoms with van der Waals surface area (Å²) in [6.07, 6.45) is 4.35. The van der Waals surface area contributed by atoms with E-state index in [1.165, 1.54) is 30.6 Å². The Morgan fingerprint density at radius 1 is 1.12 bits per heavy atom. The molecule has 0 atom stereocenters. The van der Waals surface area contributed by atoms with Crippen LogP contribution >= 0.6 is 22.7 Å². The minimum atomic E-state index is -4.19. The van der Waals surface area contributed by atoms with Crippen molar-refractivity contribution in [3.05, 3.63) is 44.8 Å². The summed E-state index contributed by atoms with van der Waals surface area (Å²) in [6, 6.07) is 4.14. The molecular weight excluding hydrogens is 581 g/mol. The van der Waals surface area contributed by atoms with Gasteiger partial charge in [0, 0.05) is 18.5 Å². The molecular formula is C26H30FN3O7S3. The summed E-state index contributed by atoms with van der Waals surface area (Å²) >= 11 is 2.30. The second-order valence-corrected chi connectivity index (χ2v) is 13.4. The maximum absolute atomic E-state index is 13.7. The SMILES string of the molecule is CCOC(=O)c1c(NC(=O)CS(=O)(=O)CC(=O)N=c2sc3cc(F)ccc3n2CCOC)sc2c1CCCCC2. The van der Waals surface area contributed by atoms with E-state index in [9.17, 15) is 27.2 Å². The molecule has 0 saturated heterocycles. The fourth-order valence-corrected chi connectivity index (χ4v) is 7.93. The van der Waals surface area contributed by atoms with Crippen LogP contribution in [0, 0.1) is 5.82 Å². The summed E-state index contributed by atoms with van der Waals surface area (Å²) < 4.78 is 51.7. The first kappa shape index (κ1) is 30.0. The zero-order valence-electron chi connectivity index (χ0n) is 22.2. The Balaban J connectivity index is 1.51. The lowest BCUT2D eigenvalue weighted by molar-refractivity contribution is -0.115. The Morgan fingerprint density at radius 2 is 1.90 bits per heavy atom. The molecule has 216 valence electrons. The molecule has 0 saturated carbocycles. The number of sulfone groups is 1. The molecule has 40 heavy (non-hydrogen) atoms. The normalized spacial score (nSPS) is 14.1. The maximum atomic E-state index is 13.7. The van der Waals surface area contributed by atoms with Crippen LogP contribution in [0.15, 0.2) is 23.2 Å². The first-order chi connectivity index (χ1) is 19.1. The summed E-state index contributed by atoms with van der Waals surface area (Å²) in [5.74, 6) is -4.77. The number of thiazole rings is 1. The van der Waals surface area contributed by atoms with E-state index in [1.807, 2.05) is 0 Å². The molecule has 2 heterocycles. The van der Waals surface area contributed by atoms with Crippen LogP contribution in [-0.4, -0.2) is 62.6 Å². The molecule has 0 radical (unpaired) electrons. The third-order valence-corrected chi connectivity index (χ3v) is 9.87. The number of ether oxygens (including phenoxy) is 2. The van der Waals surface area contributed by atoms with Crippen LogP contribution in [0.3, 0.4) is 0 Å². The largest absolute Gasteiger partial charge is 0.462 e. The highest BCUT2D eigenvalue weighted by Crippen LogP contribution is 2.38. The van der Waals surface area contributed by atoms with Crippen LogP contribution in [0.1, 0.15) is 47.0 Å². The quantitative estimate of drug-likeness (QED) is 0.274. The van der Waals surface area contributed by atoms with Crippen molar-refractivity contribution in [2.75, 3.05) is 37.1 Å². The van der Waals surface area contributed by atoms with Crippen molar-refractivity contribution in [3.63, 3.8) is 0 Å². The molecule has 3 aromatic rings. The second-order valence-electron chi connectivity index (χ2n) is 9.22. The van der Waals surface area contributed by atoms with Crippen molar-refractivity contribution in [1.82, 2.24) is 4.57 Å². The lowest BCUT2D eigenvalue weighted by Crippen LogP contribution is -2.28. The number of fused-ring (bicyclic) bond motifs is 2. The molecule has 0 aliphatic heterocycles. The summed E-state index contributed by atoms with van der Waals surface area (Å²) in [7, 11) is -2.68. The van der Waals surface area contributed by atoms with Crippen molar-refractivity contribution in [2.24, 2.45) is 4.99 Å². The van der Waals surface area contributed by atoms with Gasteiger partial charge in [0.05, 0.1) is 29.0 Å². The zero-order chi connectivity index (χ0) is 28.9. The molecule has 2 aromatic heterocycles.